The van der Waals surface area contributed by atoms with Crippen LogP contribution in [0, 0.1) is 0 Å². The number of benzene rings is 4. The van der Waals surface area contributed by atoms with Crippen LogP contribution in [0.2, 0.25) is 0 Å². The lowest BCUT2D eigenvalue weighted by Crippen LogP contribution is -2.28. The molecule has 2 atom stereocenters. The average molecular weight is 571 g/mol. The lowest BCUT2D eigenvalue weighted by atomic mass is 9.73. The Balaban J connectivity index is 1.98. The molecule has 0 heterocycles. The molecule has 0 saturated carbocycles. The second-order valence-electron chi connectivity index (χ2n) is 9.36. The van der Waals surface area contributed by atoms with E-state index in [1.807, 2.05) is 0 Å². The predicted octanol–water partition coefficient (Wildman–Crippen LogP) is 6.37. The zero-order valence-electron chi connectivity index (χ0n) is 24.5. The van der Waals surface area contributed by atoms with Crippen molar-refractivity contribution < 1.29 is 38.0 Å². The number of ketones is 2. The number of hydrogen-bond acceptors (Lipinski definition) is 8. The molecule has 0 fully saturated rings. The van der Waals surface area contributed by atoms with Crippen LogP contribution >= 0.6 is 0 Å². The molecule has 4 aromatic rings. The van der Waals surface area contributed by atoms with Crippen LogP contribution < -0.4 is 28.4 Å². The van der Waals surface area contributed by atoms with Crippen LogP contribution in [0.4, 0.5) is 0 Å². The summed E-state index contributed by atoms with van der Waals surface area (Å²) in [6.07, 6.45) is 0. The summed E-state index contributed by atoms with van der Waals surface area (Å²) in [4.78, 5) is 29.3. The molecule has 0 aliphatic rings. The van der Waals surface area contributed by atoms with Crippen LogP contribution in [0.3, 0.4) is 0 Å². The number of carbonyl (C=O) groups is 2. The first kappa shape index (κ1) is 30.0. The molecule has 0 aromatic heterocycles. The lowest BCUT2D eigenvalue weighted by Gasteiger charge is -2.28. The van der Waals surface area contributed by atoms with E-state index in [-0.39, 0.29) is 11.6 Å². The Bertz CT molecular complexity index is 1410. The van der Waals surface area contributed by atoms with Gasteiger partial charge in [0.25, 0.3) is 0 Å². The standard InChI is InChI=1S/C34H34O8/c1-37-23-11-7-21(8-12-23)31(33(35)27-17-15-25(39-3)19-29(27)41-5)32(22-9-13-24(38-2)14-10-22)34(36)28-18-16-26(40-4)20-30(28)42-6/h7-20,31-32H,1-6H3. The molecule has 8 nitrogen and oxygen atoms in total. The van der Waals surface area contributed by atoms with E-state index >= 15 is 0 Å². The molecule has 0 bridgehead atoms. The maximum Gasteiger partial charge on any atom is 0.175 e. The second kappa shape index (κ2) is 13.6. The quantitative estimate of drug-likeness (QED) is 0.171. The van der Waals surface area contributed by atoms with Crippen molar-refractivity contribution in [2.75, 3.05) is 42.7 Å². The Morgan fingerprint density at radius 3 is 1.02 bits per heavy atom. The summed E-state index contributed by atoms with van der Waals surface area (Å²) in [5.41, 5.74) is 1.87. The predicted molar refractivity (Wildman–Crippen MR) is 159 cm³/mol. The first-order valence-electron chi connectivity index (χ1n) is 13.2. The highest BCUT2D eigenvalue weighted by atomic mass is 16.5. The van der Waals surface area contributed by atoms with Gasteiger partial charge in [0.1, 0.15) is 34.5 Å². The molecule has 8 heteroatoms. The van der Waals surface area contributed by atoms with Gasteiger partial charge < -0.3 is 28.4 Å². The van der Waals surface area contributed by atoms with Crippen molar-refractivity contribution in [2.45, 2.75) is 11.8 Å². The van der Waals surface area contributed by atoms with Gasteiger partial charge in [-0.3, -0.25) is 9.59 Å². The van der Waals surface area contributed by atoms with Crippen LogP contribution in [0.1, 0.15) is 43.7 Å². The van der Waals surface area contributed by atoms with Crippen molar-refractivity contribution in [3.63, 3.8) is 0 Å². The summed E-state index contributed by atoms with van der Waals surface area (Å²) in [6.45, 7) is 0. The molecule has 0 saturated heterocycles. The van der Waals surface area contributed by atoms with Crippen LogP contribution in [-0.2, 0) is 0 Å². The summed E-state index contributed by atoms with van der Waals surface area (Å²) in [7, 11) is 9.19. The smallest absolute Gasteiger partial charge is 0.175 e. The third-order valence-corrected chi connectivity index (χ3v) is 7.20. The highest BCUT2D eigenvalue weighted by molar-refractivity contribution is 6.11. The van der Waals surface area contributed by atoms with Crippen molar-refractivity contribution in [3.05, 3.63) is 107 Å². The molecule has 0 amide bonds. The molecule has 218 valence electrons. The molecule has 0 N–H and O–H groups in total. The SMILES string of the molecule is COc1ccc(C(C(=O)c2ccc(OC)cc2OC)C(C(=O)c2ccc(OC)cc2OC)c2ccc(OC)cc2)cc1. The van der Waals surface area contributed by atoms with E-state index < -0.39 is 11.8 Å². The van der Waals surface area contributed by atoms with Gasteiger partial charge in [0, 0.05) is 12.1 Å². The number of hydrogen-bond donors (Lipinski definition) is 0. The van der Waals surface area contributed by atoms with Gasteiger partial charge in [-0.05, 0) is 59.7 Å². The minimum absolute atomic E-state index is 0.304. The number of Topliss-reactive ketones (excluding diaryl/α,β-unsaturated/α-hetero) is 2. The third kappa shape index (κ3) is 6.17. The molecule has 4 rings (SSSR count). The second-order valence-corrected chi connectivity index (χ2v) is 9.36. The highest BCUT2D eigenvalue weighted by Gasteiger charge is 2.39. The van der Waals surface area contributed by atoms with Gasteiger partial charge in [0.2, 0.25) is 0 Å². The molecular weight excluding hydrogens is 536 g/mol. The largest absolute Gasteiger partial charge is 0.497 e. The minimum atomic E-state index is -0.953. The van der Waals surface area contributed by atoms with Crippen LogP contribution in [-0.4, -0.2) is 54.2 Å². The molecule has 0 aliphatic carbocycles. The number of rotatable bonds is 13. The van der Waals surface area contributed by atoms with E-state index in [1.54, 1.807) is 99.1 Å². The van der Waals surface area contributed by atoms with E-state index in [1.165, 1.54) is 28.4 Å². The maximum atomic E-state index is 14.6. The molecule has 42 heavy (non-hydrogen) atoms. The summed E-state index contributed by atoms with van der Waals surface area (Å²) in [5.74, 6) is 0.471. The van der Waals surface area contributed by atoms with Gasteiger partial charge >= 0.3 is 0 Å². The lowest BCUT2D eigenvalue weighted by molar-refractivity contribution is 0.0863. The molecule has 0 aliphatic heterocycles. The van der Waals surface area contributed by atoms with Crippen molar-refractivity contribution in [1.29, 1.82) is 0 Å². The summed E-state index contributed by atoms with van der Waals surface area (Å²) < 4.78 is 32.6. The Kier molecular flexibility index (Phi) is 9.70. The molecule has 0 spiro atoms. The topological polar surface area (TPSA) is 89.5 Å². The van der Waals surface area contributed by atoms with E-state index in [4.69, 9.17) is 28.4 Å². The summed E-state index contributed by atoms with van der Waals surface area (Å²) in [6, 6.07) is 24.3. The van der Waals surface area contributed by atoms with Gasteiger partial charge in [0.15, 0.2) is 11.6 Å². The fourth-order valence-electron chi connectivity index (χ4n) is 4.95. The van der Waals surface area contributed by atoms with E-state index in [2.05, 4.69) is 0 Å². The zero-order chi connectivity index (χ0) is 30.2. The van der Waals surface area contributed by atoms with Gasteiger partial charge in [-0.2, -0.15) is 0 Å². The third-order valence-electron chi connectivity index (χ3n) is 7.20. The Hall–Kier alpha value is -4.98. The van der Waals surface area contributed by atoms with E-state index in [0.29, 0.717) is 56.8 Å². The fourth-order valence-corrected chi connectivity index (χ4v) is 4.95. The summed E-state index contributed by atoms with van der Waals surface area (Å²) in [5, 5.41) is 0. The van der Waals surface area contributed by atoms with Crippen molar-refractivity contribution in [2.24, 2.45) is 0 Å². The number of carbonyl (C=O) groups excluding carboxylic acids is 2. The fraction of sp³-hybridized carbons (Fsp3) is 0.235. The van der Waals surface area contributed by atoms with Crippen molar-refractivity contribution >= 4 is 11.6 Å². The number of ether oxygens (including phenoxy) is 6. The van der Waals surface area contributed by atoms with Gasteiger partial charge in [-0.1, -0.05) is 24.3 Å². The molecule has 4 aromatic carbocycles. The number of methoxy groups -OCH3 is 6. The van der Waals surface area contributed by atoms with E-state index in [0.717, 1.165) is 0 Å². The molecular formula is C34H34O8. The van der Waals surface area contributed by atoms with Crippen LogP contribution in [0.15, 0.2) is 84.9 Å². The molecule has 2 unspecified atom stereocenters. The highest BCUT2D eigenvalue weighted by Crippen LogP contribution is 2.42. The van der Waals surface area contributed by atoms with Crippen molar-refractivity contribution in [3.8, 4) is 34.5 Å². The van der Waals surface area contributed by atoms with Gasteiger partial charge in [-0.25, -0.2) is 0 Å². The van der Waals surface area contributed by atoms with E-state index in [9.17, 15) is 9.59 Å². The normalized spacial score (nSPS) is 12.0. The Labute approximate surface area is 245 Å². The van der Waals surface area contributed by atoms with Gasteiger partial charge in [-0.15, -0.1) is 0 Å². The first-order valence-corrected chi connectivity index (χ1v) is 13.2. The van der Waals surface area contributed by atoms with Crippen molar-refractivity contribution in [1.82, 2.24) is 0 Å². The van der Waals surface area contributed by atoms with Gasteiger partial charge in [0.05, 0.1) is 65.6 Å². The Morgan fingerprint density at radius 1 is 0.429 bits per heavy atom. The van der Waals surface area contributed by atoms with Crippen LogP contribution in [0.5, 0.6) is 34.5 Å². The average Bonchev–Trinajstić information content (AvgIpc) is 3.06. The summed E-state index contributed by atoms with van der Waals surface area (Å²) >= 11 is 0. The zero-order valence-corrected chi connectivity index (χ0v) is 24.5. The molecule has 0 radical (unpaired) electrons. The first-order chi connectivity index (χ1) is 20.4. The maximum absolute atomic E-state index is 14.6. The van der Waals surface area contributed by atoms with Crippen LogP contribution in [0.25, 0.3) is 0 Å². The monoisotopic (exact) mass is 570 g/mol. The Morgan fingerprint density at radius 2 is 0.738 bits per heavy atom. The minimum Gasteiger partial charge on any atom is -0.497 e.